The van der Waals surface area contributed by atoms with E-state index in [0.29, 0.717) is 43.3 Å². The van der Waals surface area contributed by atoms with Gasteiger partial charge in [-0.2, -0.15) is 5.10 Å². The number of nitrogens with zero attached hydrogens (tertiary/aromatic N) is 3. The molecule has 0 spiro atoms. The number of aliphatic hydroxyl groups excluding tert-OH is 1. The molecule has 0 radical (unpaired) electrons. The van der Waals surface area contributed by atoms with Crippen molar-refractivity contribution in [3.05, 3.63) is 44.9 Å². The number of aromatic amines is 1. The Hall–Kier alpha value is -2.49. The van der Waals surface area contributed by atoms with Gasteiger partial charge in [-0.05, 0) is 25.3 Å². The second kappa shape index (κ2) is 8.10. The van der Waals surface area contributed by atoms with E-state index in [1.807, 2.05) is 17.5 Å². The summed E-state index contributed by atoms with van der Waals surface area (Å²) in [6, 6.07) is 3.19. The van der Waals surface area contributed by atoms with Crippen LogP contribution in [0.1, 0.15) is 27.9 Å². The summed E-state index contributed by atoms with van der Waals surface area (Å²) < 4.78 is 5.38. The van der Waals surface area contributed by atoms with Crippen molar-refractivity contribution in [1.82, 2.24) is 20.0 Å². The molecular weight excluding hydrogens is 392 g/mol. The van der Waals surface area contributed by atoms with Gasteiger partial charge >= 0.3 is 0 Å². The van der Waals surface area contributed by atoms with E-state index in [4.69, 9.17) is 4.74 Å². The average Bonchev–Trinajstić information content (AvgIpc) is 3.41. The van der Waals surface area contributed by atoms with Crippen LogP contribution in [0.5, 0.6) is 0 Å². The molecular formula is C20H24N4O4S. The summed E-state index contributed by atoms with van der Waals surface area (Å²) in [5, 5.41) is 19.9. The van der Waals surface area contributed by atoms with E-state index >= 15 is 0 Å². The van der Waals surface area contributed by atoms with Gasteiger partial charge in [0.15, 0.2) is 0 Å². The average molecular weight is 417 g/mol. The minimum atomic E-state index is -0.650. The Labute approximate surface area is 172 Å². The zero-order valence-corrected chi connectivity index (χ0v) is 17.3. The molecule has 4 heterocycles. The number of carbonyl (C=O) groups is 2. The van der Waals surface area contributed by atoms with E-state index in [0.717, 1.165) is 18.0 Å². The molecule has 2 aliphatic rings. The van der Waals surface area contributed by atoms with Crippen molar-refractivity contribution in [2.75, 3.05) is 39.4 Å². The first kappa shape index (κ1) is 19.8. The number of likely N-dealkylation sites (tertiary alicyclic amines) is 1. The topological polar surface area (TPSA) is 98.8 Å². The molecule has 154 valence electrons. The van der Waals surface area contributed by atoms with Crippen LogP contribution < -0.4 is 0 Å². The fraction of sp³-hybridized carbons (Fsp3) is 0.450. The largest absolute Gasteiger partial charge is 0.507 e. The van der Waals surface area contributed by atoms with Crippen LogP contribution in [0.4, 0.5) is 0 Å². The lowest BCUT2D eigenvalue weighted by molar-refractivity contribution is -0.140. The molecule has 0 aromatic carbocycles. The predicted molar refractivity (Wildman–Crippen MR) is 109 cm³/mol. The molecule has 9 heteroatoms. The van der Waals surface area contributed by atoms with E-state index < -0.39 is 17.7 Å². The summed E-state index contributed by atoms with van der Waals surface area (Å²) >= 11 is 1.47. The van der Waals surface area contributed by atoms with Gasteiger partial charge in [0.25, 0.3) is 11.7 Å². The van der Waals surface area contributed by atoms with Crippen LogP contribution in [0.3, 0.4) is 0 Å². The Morgan fingerprint density at radius 1 is 1.31 bits per heavy atom. The monoisotopic (exact) mass is 416 g/mol. The van der Waals surface area contributed by atoms with Crippen LogP contribution in [0, 0.1) is 13.8 Å². The van der Waals surface area contributed by atoms with Crippen LogP contribution in [-0.4, -0.2) is 76.2 Å². The Bertz CT molecular complexity index is 924. The normalized spacial score (nSPS) is 22.6. The van der Waals surface area contributed by atoms with E-state index in [1.54, 1.807) is 18.7 Å². The molecule has 8 nitrogen and oxygen atoms in total. The third-order valence-electron chi connectivity index (χ3n) is 5.48. The second-order valence-electron chi connectivity index (χ2n) is 7.27. The number of aryl methyl sites for hydroxylation is 2. The summed E-state index contributed by atoms with van der Waals surface area (Å²) in [7, 11) is 0. The maximum atomic E-state index is 13.0. The Morgan fingerprint density at radius 2 is 2.07 bits per heavy atom. The lowest BCUT2D eigenvalue weighted by atomic mass is 9.99. The number of aromatic nitrogens is 2. The van der Waals surface area contributed by atoms with Gasteiger partial charge in [0.05, 0.1) is 36.1 Å². The van der Waals surface area contributed by atoms with Gasteiger partial charge in [0.2, 0.25) is 0 Å². The van der Waals surface area contributed by atoms with Crippen LogP contribution in [-0.2, 0) is 14.3 Å². The van der Waals surface area contributed by atoms with Crippen molar-refractivity contribution in [2.45, 2.75) is 19.9 Å². The lowest BCUT2D eigenvalue weighted by Gasteiger charge is -2.30. The highest BCUT2D eigenvalue weighted by Crippen LogP contribution is 2.41. The number of nitrogens with one attached hydrogen (secondary N) is 1. The van der Waals surface area contributed by atoms with Gasteiger partial charge in [-0.1, -0.05) is 6.07 Å². The highest BCUT2D eigenvalue weighted by molar-refractivity contribution is 7.10. The van der Waals surface area contributed by atoms with Crippen molar-refractivity contribution in [3.8, 4) is 0 Å². The lowest BCUT2D eigenvalue weighted by Crippen LogP contribution is -2.42. The Morgan fingerprint density at radius 3 is 2.69 bits per heavy atom. The number of hydrogen-bond donors (Lipinski definition) is 2. The summed E-state index contributed by atoms with van der Waals surface area (Å²) in [6.07, 6.45) is 0. The number of thiophene rings is 1. The first-order valence-corrected chi connectivity index (χ1v) is 10.5. The number of aliphatic hydroxyl groups is 1. The first-order valence-electron chi connectivity index (χ1n) is 9.63. The highest BCUT2D eigenvalue weighted by atomic mass is 32.1. The fourth-order valence-electron chi connectivity index (χ4n) is 3.96. The van der Waals surface area contributed by atoms with E-state index in [9.17, 15) is 14.7 Å². The quantitative estimate of drug-likeness (QED) is 0.438. The first-order chi connectivity index (χ1) is 14.0. The van der Waals surface area contributed by atoms with E-state index in [2.05, 4.69) is 15.1 Å². The molecule has 4 rings (SSSR count). The van der Waals surface area contributed by atoms with Crippen LogP contribution in [0.25, 0.3) is 5.76 Å². The number of H-pyrrole nitrogens is 1. The Balaban J connectivity index is 1.72. The number of carbonyl (C=O) groups excluding carboxylic acids is 2. The summed E-state index contributed by atoms with van der Waals surface area (Å²) in [4.78, 5) is 30.5. The smallest absolute Gasteiger partial charge is 0.295 e. The summed E-state index contributed by atoms with van der Waals surface area (Å²) in [6.45, 7) is 7.56. The SMILES string of the molecule is Cc1n[nH]c(C)c1/C(O)=C1\C(=O)C(=O)N(CCN2CCOCC2)C1c1cccs1. The molecule has 2 N–H and O–H groups in total. The molecule has 0 bridgehead atoms. The molecule has 1 atom stereocenters. The third-order valence-corrected chi connectivity index (χ3v) is 6.40. The minimum Gasteiger partial charge on any atom is -0.507 e. The van der Waals surface area contributed by atoms with Gasteiger partial charge in [0, 0.05) is 36.8 Å². The molecule has 1 unspecified atom stereocenters. The number of morpholine rings is 1. The maximum Gasteiger partial charge on any atom is 0.295 e. The second-order valence-corrected chi connectivity index (χ2v) is 8.25. The number of ketones is 1. The van der Waals surface area contributed by atoms with Crippen LogP contribution in [0.15, 0.2) is 23.1 Å². The van der Waals surface area contributed by atoms with Crippen molar-refractivity contribution in [2.24, 2.45) is 0 Å². The number of rotatable bonds is 5. The highest BCUT2D eigenvalue weighted by Gasteiger charge is 2.46. The molecule has 1 amide bonds. The van der Waals surface area contributed by atoms with Crippen LogP contribution >= 0.6 is 11.3 Å². The number of Topliss-reactive ketones (excluding diaryl/α,β-unsaturated/α-hetero) is 1. The van der Waals surface area contributed by atoms with Gasteiger partial charge < -0.3 is 14.7 Å². The molecule has 2 fully saturated rings. The standard InChI is InChI=1S/C20H24N4O4S/c1-12-15(13(2)22-21-12)18(25)16-17(14-4-3-11-29-14)24(20(27)19(16)26)6-5-23-7-9-28-10-8-23/h3-4,11,17,25H,5-10H2,1-2H3,(H,21,22)/b18-16+. The molecule has 2 aromatic rings. The molecule has 2 aromatic heterocycles. The molecule has 0 saturated carbocycles. The van der Waals surface area contributed by atoms with Crippen molar-refractivity contribution < 1.29 is 19.4 Å². The van der Waals surface area contributed by atoms with E-state index in [1.165, 1.54) is 11.3 Å². The number of amides is 1. The Kier molecular flexibility index (Phi) is 5.53. The minimum absolute atomic E-state index is 0.132. The van der Waals surface area contributed by atoms with Crippen molar-refractivity contribution in [1.29, 1.82) is 0 Å². The van der Waals surface area contributed by atoms with Crippen LogP contribution in [0.2, 0.25) is 0 Å². The number of ether oxygens (including phenoxy) is 1. The number of hydrogen-bond acceptors (Lipinski definition) is 7. The van der Waals surface area contributed by atoms with E-state index in [-0.39, 0.29) is 11.3 Å². The third kappa shape index (κ3) is 3.61. The maximum absolute atomic E-state index is 13.0. The van der Waals surface area contributed by atoms with Gasteiger partial charge in [-0.3, -0.25) is 19.6 Å². The van der Waals surface area contributed by atoms with Gasteiger partial charge in [-0.25, -0.2) is 0 Å². The summed E-state index contributed by atoms with van der Waals surface area (Å²) in [5.41, 5.74) is 1.86. The van der Waals surface area contributed by atoms with Crippen molar-refractivity contribution in [3.63, 3.8) is 0 Å². The molecule has 29 heavy (non-hydrogen) atoms. The molecule has 0 aliphatic carbocycles. The summed E-state index contributed by atoms with van der Waals surface area (Å²) in [5.74, 6) is -1.39. The zero-order chi connectivity index (χ0) is 20.5. The van der Waals surface area contributed by atoms with Gasteiger partial charge in [-0.15, -0.1) is 11.3 Å². The predicted octanol–water partition coefficient (Wildman–Crippen LogP) is 1.84. The zero-order valence-electron chi connectivity index (χ0n) is 16.5. The fourth-order valence-corrected chi connectivity index (χ4v) is 4.81. The van der Waals surface area contributed by atoms with Crippen molar-refractivity contribution >= 4 is 28.8 Å². The molecule has 2 aliphatic heterocycles. The van der Waals surface area contributed by atoms with Gasteiger partial charge in [0.1, 0.15) is 5.76 Å². The molecule has 2 saturated heterocycles.